The summed E-state index contributed by atoms with van der Waals surface area (Å²) in [6.45, 7) is 2.45. The summed E-state index contributed by atoms with van der Waals surface area (Å²) < 4.78 is 5.10. The van der Waals surface area contributed by atoms with Crippen LogP contribution in [0.1, 0.15) is 28.2 Å². The molecule has 5 nitrogen and oxygen atoms in total. The number of aldehydes is 1. The molecule has 1 atom stereocenters. The predicted molar refractivity (Wildman–Crippen MR) is 77.1 cm³/mol. The Hall–Kier alpha value is -0.980. The Balaban J connectivity index is 2.18. The first-order valence-electron chi connectivity index (χ1n) is 6.51. The van der Waals surface area contributed by atoms with Crippen LogP contribution >= 0.6 is 11.3 Å². The Morgan fingerprint density at radius 2 is 2.37 bits per heavy atom. The molecule has 19 heavy (non-hydrogen) atoms. The highest BCUT2D eigenvalue weighted by Gasteiger charge is 2.28. The van der Waals surface area contributed by atoms with Gasteiger partial charge < -0.3 is 14.5 Å². The third-order valence-electron chi connectivity index (χ3n) is 3.30. The summed E-state index contributed by atoms with van der Waals surface area (Å²) in [5.74, 6) is 0. The van der Waals surface area contributed by atoms with Gasteiger partial charge in [0.1, 0.15) is 0 Å². The van der Waals surface area contributed by atoms with Crippen molar-refractivity contribution < 1.29 is 9.53 Å². The molecule has 1 unspecified atom stereocenters. The minimum absolute atomic E-state index is 0.400. The van der Waals surface area contributed by atoms with Gasteiger partial charge in [-0.05, 0) is 26.9 Å². The zero-order valence-corrected chi connectivity index (χ0v) is 12.6. The summed E-state index contributed by atoms with van der Waals surface area (Å²) in [6, 6.07) is 0.496. The fourth-order valence-electron chi connectivity index (χ4n) is 2.50. The molecule has 0 spiro atoms. The highest BCUT2D eigenvalue weighted by atomic mass is 32.1. The van der Waals surface area contributed by atoms with E-state index in [9.17, 15) is 4.79 Å². The van der Waals surface area contributed by atoms with Crippen molar-refractivity contribution in [2.45, 2.75) is 25.5 Å². The van der Waals surface area contributed by atoms with E-state index in [1.807, 2.05) is 0 Å². The Kier molecular flexibility index (Phi) is 4.90. The van der Waals surface area contributed by atoms with Crippen LogP contribution in [0, 0.1) is 0 Å². The van der Waals surface area contributed by atoms with Gasteiger partial charge in [0, 0.05) is 26.2 Å². The van der Waals surface area contributed by atoms with E-state index >= 15 is 0 Å². The number of ether oxygens (including phenoxy) is 1. The average Bonchev–Trinajstić information content (AvgIpc) is 2.95. The van der Waals surface area contributed by atoms with E-state index in [0.29, 0.717) is 17.5 Å². The van der Waals surface area contributed by atoms with Crippen LogP contribution < -0.4 is 4.90 Å². The second-order valence-corrected chi connectivity index (χ2v) is 6.12. The number of carbonyl (C=O) groups excluding carboxylic acids is 1. The van der Waals surface area contributed by atoms with E-state index < -0.39 is 0 Å². The maximum atomic E-state index is 11.1. The van der Waals surface area contributed by atoms with E-state index in [1.54, 1.807) is 7.11 Å². The minimum Gasteiger partial charge on any atom is -0.378 e. The lowest BCUT2D eigenvalue weighted by Gasteiger charge is -2.26. The Bertz CT molecular complexity index is 434. The van der Waals surface area contributed by atoms with Crippen molar-refractivity contribution in [2.24, 2.45) is 0 Å². The third-order valence-corrected chi connectivity index (χ3v) is 4.36. The van der Waals surface area contributed by atoms with Crippen LogP contribution in [-0.4, -0.2) is 56.5 Å². The minimum atomic E-state index is 0.400. The van der Waals surface area contributed by atoms with Gasteiger partial charge in [-0.25, -0.2) is 4.98 Å². The van der Waals surface area contributed by atoms with Crippen molar-refractivity contribution in [3.8, 4) is 0 Å². The number of thiazole rings is 1. The lowest BCUT2D eigenvalue weighted by molar-refractivity contribution is 0.112. The topological polar surface area (TPSA) is 45.7 Å². The molecule has 0 aliphatic carbocycles. The number of methoxy groups -OCH3 is 1. The SMILES string of the molecule is COCc1nc(N2CCCC2CN(C)C)sc1C=O. The van der Waals surface area contributed by atoms with Crippen LogP contribution in [0.15, 0.2) is 0 Å². The molecule has 1 fully saturated rings. The lowest BCUT2D eigenvalue weighted by Crippen LogP contribution is -2.37. The number of likely N-dealkylation sites (N-methyl/N-ethyl adjacent to an activating group) is 1. The van der Waals surface area contributed by atoms with Crippen molar-refractivity contribution in [3.63, 3.8) is 0 Å². The number of nitrogens with zero attached hydrogens (tertiary/aromatic N) is 3. The number of aromatic nitrogens is 1. The summed E-state index contributed by atoms with van der Waals surface area (Å²) in [4.78, 5) is 20.9. The average molecular weight is 283 g/mol. The predicted octanol–water partition coefficient (Wildman–Crippen LogP) is 1.63. The van der Waals surface area contributed by atoms with Crippen LogP contribution in [0.5, 0.6) is 0 Å². The van der Waals surface area contributed by atoms with Gasteiger partial charge in [-0.15, -0.1) is 0 Å². The zero-order chi connectivity index (χ0) is 13.8. The van der Waals surface area contributed by atoms with Crippen LogP contribution in [0.2, 0.25) is 0 Å². The van der Waals surface area contributed by atoms with Crippen molar-refractivity contribution in [2.75, 3.05) is 39.2 Å². The van der Waals surface area contributed by atoms with E-state index in [0.717, 1.165) is 30.2 Å². The molecule has 0 N–H and O–H groups in total. The lowest BCUT2D eigenvalue weighted by atomic mass is 10.2. The summed E-state index contributed by atoms with van der Waals surface area (Å²) in [6.07, 6.45) is 3.26. The molecule has 1 aromatic heterocycles. The molecule has 2 heterocycles. The smallest absolute Gasteiger partial charge is 0.186 e. The molecule has 0 amide bonds. The maximum absolute atomic E-state index is 11.1. The number of hydrogen-bond acceptors (Lipinski definition) is 6. The molecule has 106 valence electrons. The van der Waals surface area contributed by atoms with Gasteiger partial charge in [-0.3, -0.25) is 4.79 Å². The summed E-state index contributed by atoms with van der Waals surface area (Å²) in [7, 11) is 5.80. The van der Waals surface area contributed by atoms with Crippen molar-refractivity contribution >= 4 is 22.8 Å². The quantitative estimate of drug-likeness (QED) is 0.743. The van der Waals surface area contributed by atoms with Gasteiger partial charge in [0.15, 0.2) is 11.4 Å². The first-order valence-corrected chi connectivity index (χ1v) is 7.32. The Morgan fingerprint density at radius 1 is 1.58 bits per heavy atom. The second kappa shape index (κ2) is 6.45. The van der Waals surface area contributed by atoms with Crippen LogP contribution in [0.25, 0.3) is 0 Å². The molecule has 0 bridgehead atoms. The standard InChI is InChI=1S/C13H21N3O2S/c1-15(2)7-10-5-4-6-16(10)13-14-11(9-18-3)12(8-17)19-13/h8,10H,4-7,9H2,1-3H3. The molecule has 6 heteroatoms. The first-order chi connectivity index (χ1) is 9.15. The maximum Gasteiger partial charge on any atom is 0.186 e. The molecule has 0 saturated carbocycles. The van der Waals surface area contributed by atoms with Gasteiger partial charge in [0.05, 0.1) is 17.2 Å². The van der Waals surface area contributed by atoms with Crippen molar-refractivity contribution in [3.05, 3.63) is 10.6 Å². The van der Waals surface area contributed by atoms with Crippen molar-refractivity contribution in [1.82, 2.24) is 9.88 Å². The Morgan fingerprint density at radius 3 is 3.00 bits per heavy atom. The molecule has 1 aliphatic heterocycles. The van der Waals surface area contributed by atoms with Crippen LogP contribution in [-0.2, 0) is 11.3 Å². The highest BCUT2D eigenvalue weighted by Crippen LogP contribution is 2.31. The fraction of sp³-hybridized carbons (Fsp3) is 0.692. The monoisotopic (exact) mass is 283 g/mol. The second-order valence-electron chi connectivity index (χ2n) is 5.11. The molecule has 1 saturated heterocycles. The fourth-order valence-corrected chi connectivity index (χ4v) is 3.49. The summed E-state index contributed by atoms with van der Waals surface area (Å²) >= 11 is 1.48. The molecule has 1 aromatic rings. The van der Waals surface area contributed by atoms with Gasteiger partial charge in [0.2, 0.25) is 0 Å². The molecule has 2 rings (SSSR count). The zero-order valence-electron chi connectivity index (χ0n) is 11.8. The van der Waals surface area contributed by atoms with Gasteiger partial charge >= 0.3 is 0 Å². The van der Waals surface area contributed by atoms with E-state index in [4.69, 9.17) is 4.74 Å². The largest absolute Gasteiger partial charge is 0.378 e. The highest BCUT2D eigenvalue weighted by molar-refractivity contribution is 7.17. The number of rotatable bonds is 6. The number of hydrogen-bond donors (Lipinski definition) is 0. The normalized spacial score (nSPS) is 19.4. The van der Waals surface area contributed by atoms with Gasteiger partial charge in [-0.1, -0.05) is 11.3 Å². The van der Waals surface area contributed by atoms with Crippen LogP contribution in [0.3, 0.4) is 0 Å². The molecular weight excluding hydrogens is 262 g/mol. The summed E-state index contributed by atoms with van der Waals surface area (Å²) in [5.41, 5.74) is 0.757. The third kappa shape index (κ3) is 3.32. The molecular formula is C13H21N3O2S. The molecule has 1 aliphatic rings. The molecule has 0 radical (unpaired) electrons. The molecule has 0 aromatic carbocycles. The van der Waals surface area contributed by atoms with E-state index in [2.05, 4.69) is 28.9 Å². The van der Waals surface area contributed by atoms with Gasteiger partial charge in [-0.2, -0.15) is 0 Å². The Labute approximate surface area is 118 Å². The number of carbonyl (C=O) groups is 1. The first kappa shape index (κ1) is 14.4. The number of anilines is 1. The van der Waals surface area contributed by atoms with E-state index in [1.165, 1.54) is 24.2 Å². The summed E-state index contributed by atoms with van der Waals surface area (Å²) in [5, 5.41) is 0.957. The van der Waals surface area contributed by atoms with Crippen LogP contribution in [0.4, 0.5) is 5.13 Å². The van der Waals surface area contributed by atoms with Crippen molar-refractivity contribution in [1.29, 1.82) is 0 Å². The van der Waals surface area contributed by atoms with Gasteiger partial charge in [0.25, 0.3) is 0 Å². The van der Waals surface area contributed by atoms with E-state index in [-0.39, 0.29) is 0 Å².